The number of nitrogens with zero attached hydrogens (tertiary/aromatic N) is 2. The van der Waals surface area contributed by atoms with Gasteiger partial charge >= 0.3 is 0 Å². The molecule has 1 heterocycles. The number of hydrogen-bond donors (Lipinski definition) is 1. The molecule has 0 atom stereocenters. The molecule has 0 aliphatic carbocycles. The molecule has 0 aromatic heterocycles. The molecule has 0 saturated carbocycles. The molecule has 0 spiro atoms. The molecule has 0 unspecified atom stereocenters. The van der Waals surface area contributed by atoms with Gasteiger partial charge in [0.25, 0.3) is 0 Å². The van der Waals surface area contributed by atoms with Crippen LogP contribution in [0.25, 0.3) is 0 Å². The topological polar surface area (TPSA) is 53.0 Å². The van der Waals surface area contributed by atoms with Gasteiger partial charge in [-0.2, -0.15) is 0 Å². The van der Waals surface area contributed by atoms with Crippen molar-refractivity contribution in [3.8, 4) is 0 Å². The summed E-state index contributed by atoms with van der Waals surface area (Å²) >= 11 is 0. The van der Waals surface area contributed by atoms with Crippen molar-refractivity contribution in [1.82, 2.24) is 9.80 Å². The van der Waals surface area contributed by atoms with Crippen LogP contribution >= 0.6 is 0 Å². The van der Waals surface area contributed by atoms with Crippen LogP contribution in [0.3, 0.4) is 0 Å². The number of benzene rings is 3. The number of methoxy groups -OCH3 is 1. The second-order valence-electron chi connectivity index (χ2n) is 9.73. The van der Waals surface area contributed by atoms with Crippen LogP contribution in [-0.2, 0) is 20.5 Å². The maximum Gasteiger partial charge on any atom is 0.237 e. The molecule has 1 fully saturated rings. The molecule has 4 rings (SSSR count). The number of carbonyl (C=O) groups excluding carboxylic acids is 1. The number of hydrogen-bond acceptors (Lipinski definition) is 4. The number of piperidine rings is 1. The lowest BCUT2D eigenvalue weighted by molar-refractivity contribution is -0.133. The maximum absolute atomic E-state index is 13.8. The van der Waals surface area contributed by atoms with E-state index in [0.717, 1.165) is 36.3 Å². The van der Waals surface area contributed by atoms with Gasteiger partial charge in [0.1, 0.15) is 5.41 Å². The predicted octanol–water partition coefficient (Wildman–Crippen LogP) is 4.70. The first-order chi connectivity index (χ1) is 17.4. The number of likely N-dealkylation sites (N-methyl/N-ethyl adjacent to an activating group) is 1. The third-order valence-electron chi connectivity index (χ3n) is 7.10. The van der Waals surface area contributed by atoms with Crippen LogP contribution in [0.2, 0.25) is 0 Å². The second-order valence-corrected chi connectivity index (χ2v) is 9.73. The van der Waals surface area contributed by atoms with Crippen molar-refractivity contribution >= 4 is 5.91 Å². The van der Waals surface area contributed by atoms with Gasteiger partial charge in [-0.25, -0.2) is 0 Å². The minimum Gasteiger partial charge on any atom is -0.388 e. The van der Waals surface area contributed by atoms with E-state index in [1.54, 1.807) is 19.1 Å². The van der Waals surface area contributed by atoms with E-state index in [1.807, 2.05) is 80.8 Å². The van der Waals surface area contributed by atoms with Crippen molar-refractivity contribution in [3.05, 3.63) is 108 Å². The van der Waals surface area contributed by atoms with E-state index in [0.29, 0.717) is 19.3 Å². The first kappa shape index (κ1) is 27.6. The Hall–Kier alpha value is -2.99. The van der Waals surface area contributed by atoms with Crippen LogP contribution in [0.15, 0.2) is 91.0 Å². The molecule has 5 heteroatoms. The molecule has 1 N–H and O–H groups in total. The number of amides is 1. The SMILES string of the molecule is CN(C)C(=O)C(CCN1CCC(O)(c2ccccc2)CC1)(c1ccccc1)c1ccccc1.COC. The lowest BCUT2D eigenvalue weighted by Gasteiger charge is -2.41. The first-order valence-electron chi connectivity index (χ1n) is 12.6. The number of likely N-dealkylation sites (tertiary alicyclic amines) is 1. The van der Waals surface area contributed by atoms with Crippen molar-refractivity contribution in [3.63, 3.8) is 0 Å². The van der Waals surface area contributed by atoms with Gasteiger partial charge in [-0.1, -0.05) is 91.0 Å². The first-order valence-corrected chi connectivity index (χ1v) is 12.6. The van der Waals surface area contributed by atoms with Gasteiger partial charge < -0.3 is 19.6 Å². The molecule has 0 radical (unpaired) electrons. The van der Waals surface area contributed by atoms with Crippen LogP contribution in [0.5, 0.6) is 0 Å². The van der Waals surface area contributed by atoms with Crippen molar-refractivity contribution in [1.29, 1.82) is 0 Å². The molecule has 1 amide bonds. The fourth-order valence-corrected chi connectivity index (χ4v) is 5.15. The van der Waals surface area contributed by atoms with E-state index in [1.165, 1.54) is 0 Å². The normalized spacial score (nSPS) is 15.5. The molecule has 1 aliphatic rings. The molecule has 1 aliphatic heterocycles. The van der Waals surface area contributed by atoms with Gasteiger partial charge in [-0.05, 0) is 42.5 Å². The molecule has 5 nitrogen and oxygen atoms in total. The summed E-state index contributed by atoms with van der Waals surface area (Å²) in [5, 5.41) is 11.2. The van der Waals surface area contributed by atoms with Gasteiger partial charge in [0.2, 0.25) is 5.91 Å². The van der Waals surface area contributed by atoms with Gasteiger partial charge in [-0.3, -0.25) is 4.79 Å². The zero-order valence-corrected chi connectivity index (χ0v) is 22.1. The molecular formula is C31H40N2O3. The van der Waals surface area contributed by atoms with Crippen molar-refractivity contribution in [2.75, 3.05) is 47.9 Å². The van der Waals surface area contributed by atoms with Crippen LogP contribution < -0.4 is 0 Å². The largest absolute Gasteiger partial charge is 0.388 e. The second kappa shape index (κ2) is 12.8. The predicted molar refractivity (Wildman–Crippen MR) is 146 cm³/mol. The monoisotopic (exact) mass is 488 g/mol. The Bertz CT molecular complexity index is 1010. The zero-order chi connectivity index (χ0) is 26.0. The minimum absolute atomic E-state index is 0.0951. The highest BCUT2D eigenvalue weighted by atomic mass is 16.4. The molecule has 3 aromatic carbocycles. The van der Waals surface area contributed by atoms with E-state index >= 15 is 0 Å². The van der Waals surface area contributed by atoms with E-state index in [-0.39, 0.29) is 5.91 Å². The summed E-state index contributed by atoms with van der Waals surface area (Å²) in [7, 11) is 6.92. The summed E-state index contributed by atoms with van der Waals surface area (Å²) in [5.74, 6) is 0.0951. The molecular weight excluding hydrogens is 448 g/mol. The number of carbonyl (C=O) groups is 1. The Morgan fingerprint density at radius 1 is 0.861 bits per heavy atom. The van der Waals surface area contributed by atoms with Crippen molar-refractivity contribution in [2.45, 2.75) is 30.3 Å². The fraction of sp³-hybridized carbons (Fsp3) is 0.387. The molecule has 0 bridgehead atoms. The lowest BCUT2D eigenvalue weighted by atomic mass is 9.70. The fourth-order valence-electron chi connectivity index (χ4n) is 5.15. The van der Waals surface area contributed by atoms with E-state index in [4.69, 9.17) is 0 Å². The maximum atomic E-state index is 13.8. The highest BCUT2D eigenvalue weighted by Crippen LogP contribution is 2.39. The number of ether oxygens (including phenoxy) is 1. The summed E-state index contributed by atoms with van der Waals surface area (Å²) in [6, 6.07) is 30.3. The summed E-state index contributed by atoms with van der Waals surface area (Å²) in [4.78, 5) is 17.9. The van der Waals surface area contributed by atoms with E-state index in [9.17, 15) is 9.90 Å². The van der Waals surface area contributed by atoms with Crippen molar-refractivity contribution in [2.24, 2.45) is 0 Å². The summed E-state index contributed by atoms with van der Waals surface area (Å²) < 4.78 is 4.25. The van der Waals surface area contributed by atoms with Crippen LogP contribution in [0.4, 0.5) is 0 Å². The average molecular weight is 489 g/mol. The van der Waals surface area contributed by atoms with Crippen molar-refractivity contribution < 1.29 is 14.6 Å². The average Bonchev–Trinajstić information content (AvgIpc) is 2.92. The van der Waals surface area contributed by atoms with Gasteiger partial charge in [0, 0.05) is 41.4 Å². The van der Waals surface area contributed by atoms with Gasteiger partial charge in [-0.15, -0.1) is 0 Å². The molecule has 3 aromatic rings. The molecule has 192 valence electrons. The minimum atomic E-state index is -0.771. The number of aliphatic hydroxyl groups is 1. The van der Waals surface area contributed by atoms with E-state index < -0.39 is 11.0 Å². The van der Waals surface area contributed by atoms with Gasteiger partial charge in [0.15, 0.2) is 0 Å². The van der Waals surface area contributed by atoms with E-state index in [2.05, 4.69) is 33.9 Å². The Balaban J connectivity index is 0.00000115. The van der Waals surface area contributed by atoms with Gasteiger partial charge in [0.05, 0.1) is 5.60 Å². The third kappa shape index (κ3) is 6.22. The third-order valence-corrected chi connectivity index (χ3v) is 7.10. The number of rotatable bonds is 7. The Labute approximate surface area is 216 Å². The summed E-state index contributed by atoms with van der Waals surface area (Å²) in [6.07, 6.45) is 2.08. The summed E-state index contributed by atoms with van der Waals surface area (Å²) in [5.41, 5.74) is 1.52. The highest BCUT2D eigenvalue weighted by Gasteiger charge is 2.43. The lowest BCUT2D eigenvalue weighted by Crippen LogP contribution is -2.48. The Morgan fingerprint density at radius 3 is 1.69 bits per heavy atom. The highest BCUT2D eigenvalue weighted by molar-refractivity contribution is 5.91. The van der Waals surface area contributed by atoms with Crippen LogP contribution in [-0.4, -0.2) is 68.8 Å². The quantitative estimate of drug-likeness (QED) is 0.524. The van der Waals surface area contributed by atoms with Crippen LogP contribution in [0, 0.1) is 0 Å². The smallest absolute Gasteiger partial charge is 0.237 e. The standard InChI is InChI=1S/C29H34N2O2.C2H6O/c1-30(2)27(32)29(25-14-8-4-9-15-25,26-16-10-5-11-17-26)20-23-31-21-18-28(33,19-22-31)24-12-6-3-7-13-24;1-3-2/h3-17,33H,18-23H2,1-2H3;1-2H3. The summed E-state index contributed by atoms with van der Waals surface area (Å²) in [6.45, 7) is 2.40. The zero-order valence-electron chi connectivity index (χ0n) is 22.1. The molecule has 36 heavy (non-hydrogen) atoms. The Morgan fingerprint density at radius 2 is 1.28 bits per heavy atom. The Kier molecular flexibility index (Phi) is 9.82. The van der Waals surface area contributed by atoms with Crippen LogP contribution in [0.1, 0.15) is 36.0 Å². The molecule has 1 saturated heterocycles.